The maximum atomic E-state index is 13.5. The quantitative estimate of drug-likeness (QED) is 0.839. The van der Waals surface area contributed by atoms with E-state index in [4.69, 9.17) is 23.2 Å². The Labute approximate surface area is 127 Å². The van der Waals surface area contributed by atoms with E-state index in [9.17, 15) is 9.18 Å². The standard InChI is InChI=1S/C14H17Cl2FN2O/c1-8(12-10(15)4-5-11(17)13(12)16)19-14(20)9-3-2-6-18-7-9/h4-5,8-9,18H,2-3,6-7H2,1H3,(H,19,20). The summed E-state index contributed by atoms with van der Waals surface area (Å²) in [5.74, 6) is -0.648. The van der Waals surface area contributed by atoms with E-state index < -0.39 is 11.9 Å². The summed E-state index contributed by atoms with van der Waals surface area (Å²) in [6.07, 6.45) is 1.84. The first-order valence-corrected chi connectivity index (χ1v) is 7.40. The number of nitrogens with one attached hydrogen (secondary N) is 2. The molecule has 1 aromatic rings. The molecule has 2 rings (SSSR count). The number of piperidine rings is 1. The van der Waals surface area contributed by atoms with Gasteiger partial charge in [0.1, 0.15) is 5.82 Å². The van der Waals surface area contributed by atoms with Gasteiger partial charge in [0.05, 0.1) is 17.0 Å². The van der Waals surface area contributed by atoms with Gasteiger partial charge in [-0.05, 0) is 38.4 Å². The third-order valence-corrected chi connectivity index (χ3v) is 4.25. The van der Waals surface area contributed by atoms with Crippen molar-refractivity contribution in [3.05, 3.63) is 33.6 Å². The highest BCUT2D eigenvalue weighted by Gasteiger charge is 2.24. The predicted molar refractivity (Wildman–Crippen MR) is 78.6 cm³/mol. The van der Waals surface area contributed by atoms with Crippen molar-refractivity contribution in [3.63, 3.8) is 0 Å². The van der Waals surface area contributed by atoms with Crippen molar-refractivity contribution in [2.24, 2.45) is 5.92 Å². The number of halogens is 3. The summed E-state index contributed by atoms with van der Waals surface area (Å²) in [4.78, 5) is 12.2. The van der Waals surface area contributed by atoms with Crippen LogP contribution in [0.5, 0.6) is 0 Å². The Morgan fingerprint density at radius 2 is 2.25 bits per heavy atom. The van der Waals surface area contributed by atoms with E-state index in [2.05, 4.69) is 10.6 Å². The number of carbonyl (C=O) groups excluding carboxylic acids is 1. The molecule has 1 aliphatic rings. The molecule has 2 unspecified atom stereocenters. The number of hydrogen-bond acceptors (Lipinski definition) is 2. The number of amides is 1. The van der Waals surface area contributed by atoms with Crippen LogP contribution < -0.4 is 10.6 Å². The monoisotopic (exact) mass is 318 g/mol. The Morgan fingerprint density at radius 1 is 1.50 bits per heavy atom. The first-order chi connectivity index (χ1) is 9.50. The van der Waals surface area contributed by atoms with Gasteiger partial charge in [0.2, 0.25) is 5.91 Å². The Kier molecular flexibility index (Phi) is 5.24. The second-order valence-electron chi connectivity index (χ2n) is 5.03. The minimum absolute atomic E-state index is 0.0351. The molecule has 3 nitrogen and oxygen atoms in total. The molecule has 6 heteroatoms. The lowest BCUT2D eigenvalue weighted by Crippen LogP contribution is -2.41. The van der Waals surface area contributed by atoms with Gasteiger partial charge >= 0.3 is 0 Å². The van der Waals surface area contributed by atoms with Gasteiger partial charge in [-0.15, -0.1) is 0 Å². The molecule has 0 bridgehead atoms. The molecular formula is C14H17Cl2FN2O. The molecule has 1 amide bonds. The van der Waals surface area contributed by atoms with Gasteiger partial charge in [-0.25, -0.2) is 4.39 Å². The number of carbonyl (C=O) groups is 1. The van der Waals surface area contributed by atoms with Crippen molar-refractivity contribution in [1.29, 1.82) is 0 Å². The molecule has 110 valence electrons. The summed E-state index contributed by atoms with van der Waals surface area (Å²) in [6.45, 7) is 3.37. The van der Waals surface area contributed by atoms with Crippen molar-refractivity contribution in [3.8, 4) is 0 Å². The van der Waals surface area contributed by atoms with E-state index in [0.29, 0.717) is 17.1 Å². The maximum Gasteiger partial charge on any atom is 0.224 e. The lowest BCUT2D eigenvalue weighted by Gasteiger charge is -2.25. The zero-order chi connectivity index (χ0) is 14.7. The fourth-order valence-electron chi connectivity index (χ4n) is 2.42. The van der Waals surface area contributed by atoms with E-state index in [1.54, 1.807) is 6.92 Å². The summed E-state index contributed by atoms with van der Waals surface area (Å²) in [5, 5.41) is 6.37. The zero-order valence-corrected chi connectivity index (χ0v) is 12.7. The molecule has 1 aromatic carbocycles. The van der Waals surface area contributed by atoms with Gasteiger partial charge in [0.25, 0.3) is 0 Å². The van der Waals surface area contributed by atoms with Crippen molar-refractivity contribution in [1.82, 2.24) is 10.6 Å². The lowest BCUT2D eigenvalue weighted by atomic mass is 9.98. The van der Waals surface area contributed by atoms with Crippen LogP contribution in [0.2, 0.25) is 10.0 Å². The highest BCUT2D eigenvalue weighted by Crippen LogP contribution is 2.32. The Hall–Kier alpha value is -0.840. The summed E-state index contributed by atoms with van der Waals surface area (Å²) >= 11 is 12.0. The Balaban J connectivity index is 2.10. The van der Waals surface area contributed by atoms with Crippen molar-refractivity contribution < 1.29 is 9.18 Å². The summed E-state index contributed by atoms with van der Waals surface area (Å²) in [5.41, 5.74) is 0.422. The van der Waals surface area contributed by atoms with E-state index in [1.807, 2.05) is 0 Å². The molecule has 1 fully saturated rings. The van der Waals surface area contributed by atoms with E-state index >= 15 is 0 Å². The zero-order valence-electron chi connectivity index (χ0n) is 11.2. The topological polar surface area (TPSA) is 41.1 Å². The van der Waals surface area contributed by atoms with Gasteiger partial charge < -0.3 is 10.6 Å². The average molecular weight is 319 g/mol. The van der Waals surface area contributed by atoms with Crippen LogP contribution in [-0.4, -0.2) is 19.0 Å². The molecule has 1 saturated heterocycles. The average Bonchev–Trinajstić information content (AvgIpc) is 2.44. The molecule has 1 heterocycles. The third kappa shape index (κ3) is 3.43. The van der Waals surface area contributed by atoms with Gasteiger partial charge in [-0.3, -0.25) is 4.79 Å². The molecule has 2 atom stereocenters. The number of rotatable bonds is 3. The van der Waals surface area contributed by atoms with Gasteiger partial charge in [-0.1, -0.05) is 23.2 Å². The van der Waals surface area contributed by atoms with Crippen LogP contribution in [0.1, 0.15) is 31.4 Å². The van der Waals surface area contributed by atoms with Crippen LogP contribution in [0.15, 0.2) is 12.1 Å². The van der Waals surface area contributed by atoms with E-state index in [1.165, 1.54) is 12.1 Å². The summed E-state index contributed by atoms with van der Waals surface area (Å²) in [6, 6.07) is 2.23. The molecule has 2 N–H and O–H groups in total. The van der Waals surface area contributed by atoms with Gasteiger partial charge in [0, 0.05) is 17.1 Å². The van der Waals surface area contributed by atoms with Gasteiger partial charge in [0.15, 0.2) is 0 Å². The minimum atomic E-state index is -0.536. The minimum Gasteiger partial charge on any atom is -0.349 e. The SMILES string of the molecule is CC(NC(=O)C1CCCNC1)c1c(Cl)ccc(F)c1Cl. The van der Waals surface area contributed by atoms with Crippen LogP contribution in [0.3, 0.4) is 0 Å². The smallest absolute Gasteiger partial charge is 0.224 e. The summed E-state index contributed by atoms with van der Waals surface area (Å²) in [7, 11) is 0. The van der Waals surface area contributed by atoms with Gasteiger partial charge in [-0.2, -0.15) is 0 Å². The molecular weight excluding hydrogens is 302 g/mol. The fraction of sp³-hybridized carbons (Fsp3) is 0.500. The molecule has 0 aromatic heterocycles. The van der Waals surface area contributed by atoms with Crippen LogP contribution in [0.25, 0.3) is 0 Å². The Bertz CT molecular complexity index is 504. The highest BCUT2D eigenvalue weighted by molar-refractivity contribution is 6.36. The molecule has 0 saturated carbocycles. The lowest BCUT2D eigenvalue weighted by molar-refractivity contribution is -0.126. The third-order valence-electron chi connectivity index (χ3n) is 3.54. The van der Waals surface area contributed by atoms with E-state index in [0.717, 1.165) is 19.4 Å². The van der Waals surface area contributed by atoms with Crippen LogP contribution in [-0.2, 0) is 4.79 Å². The first kappa shape index (κ1) is 15.5. The molecule has 0 aliphatic carbocycles. The fourth-order valence-corrected chi connectivity index (χ4v) is 3.12. The van der Waals surface area contributed by atoms with Crippen molar-refractivity contribution in [2.45, 2.75) is 25.8 Å². The molecule has 0 radical (unpaired) electrons. The largest absolute Gasteiger partial charge is 0.349 e. The Morgan fingerprint density at radius 3 is 2.90 bits per heavy atom. The van der Waals surface area contributed by atoms with Crippen molar-refractivity contribution >= 4 is 29.1 Å². The van der Waals surface area contributed by atoms with E-state index in [-0.39, 0.29) is 16.8 Å². The maximum absolute atomic E-state index is 13.5. The van der Waals surface area contributed by atoms with Crippen molar-refractivity contribution in [2.75, 3.05) is 13.1 Å². The van der Waals surface area contributed by atoms with Crippen LogP contribution in [0, 0.1) is 11.7 Å². The molecule has 20 heavy (non-hydrogen) atoms. The summed E-state index contributed by atoms with van der Waals surface area (Å²) < 4.78 is 13.5. The normalized spacial score (nSPS) is 20.5. The molecule has 1 aliphatic heterocycles. The first-order valence-electron chi connectivity index (χ1n) is 6.65. The number of benzene rings is 1. The second-order valence-corrected chi connectivity index (χ2v) is 5.82. The van der Waals surface area contributed by atoms with Crippen LogP contribution in [0.4, 0.5) is 4.39 Å². The molecule has 0 spiro atoms. The highest BCUT2D eigenvalue weighted by atomic mass is 35.5. The predicted octanol–water partition coefficient (Wildman–Crippen LogP) is 3.31. The second kappa shape index (κ2) is 6.74. The number of hydrogen-bond donors (Lipinski definition) is 2. The van der Waals surface area contributed by atoms with Crippen LogP contribution >= 0.6 is 23.2 Å².